The predicted octanol–water partition coefficient (Wildman–Crippen LogP) is 3.90. The Morgan fingerprint density at radius 1 is 1.26 bits per heavy atom. The van der Waals surface area contributed by atoms with Crippen molar-refractivity contribution >= 4 is 5.91 Å². The highest BCUT2D eigenvalue weighted by Gasteiger charge is 2.31. The molecule has 4 rings (SSSR count). The molecular formula is C23H24F2N4O2. The molecule has 1 N–H and O–H groups in total. The van der Waals surface area contributed by atoms with Crippen molar-refractivity contribution in [2.45, 2.75) is 38.3 Å². The number of rotatable bonds is 6. The minimum absolute atomic E-state index is 0.00891. The van der Waals surface area contributed by atoms with Crippen LogP contribution in [0, 0.1) is 11.6 Å². The molecule has 1 fully saturated rings. The first-order valence-corrected chi connectivity index (χ1v) is 10.4. The first-order chi connectivity index (χ1) is 15.0. The number of hydrogen-bond acceptors (Lipinski definition) is 5. The van der Waals surface area contributed by atoms with Crippen LogP contribution in [0.1, 0.15) is 37.1 Å². The van der Waals surface area contributed by atoms with Crippen LogP contribution in [0.15, 0.2) is 53.1 Å². The van der Waals surface area contributed by atoms with Crippen LogP contribution < -0.4 is 5.32 Å². The molecule has 0 saturated carbocycles. The molecule has 0 radical (unpaired) electrons. The molecule has 1 aromatic heterocycles. The summed E-state index contributed by atoms with van der Waals surface area (Å²) in [6, 6.07) is 12.1. The van der Waals surface area contributed by atoms with Gasteiger partial charge in [-0.15, -0.1) is 0 Å². The Bertz CT molecular complexity index is 1060. The lowest BCUT2D eigenvalue weighted by molar-refractivity contribution is -0.126. The van der Waals surface area contributed by atoms with Crippen molar-refractivity contribution < 1.29 is 18.1 Å². The molecule has 31 heavy (non-hydrogen) atoms. The van der Waals surface area contributed by atoms with Crippen LogP contribution >= 0.6 is 0 Å². The summed E-state index contributed by atoms with van der Waals surface area (Å²) in [5, 5.41) is 6.81. The van der Waals surface area contributed by atoms with Gasteiger partial charge in [-0.25, -0.2) is 8.78 Å². The number of aromatic nitrogens is 2. The fourth-order valence-corrected chi connectivity index (χ4v) is 3.84. The molecule has 2 unspecified atom stereocenters. The van der Waals surface area contributed by atoms with Gasteiger partial charge in [-0.2, -0.15) is 4.98 Å². The standard InChI is InChI=1S/C23H24F2N4O2/c1-15(22(30)26-13-17-6-2-3-10-20(17)25)29-11-5-8-18(14-29)23-27-21(28-31-23)16-7-4-9-19(24)12-16/h2-4,6-7,9-10,12,15,18H,5,8,11,13-14H2,1H3,(H,26,30). The van der Waals surface area contributed by atoms with Gasteiger partial charge in [0.1, 0.15) is 11.6 Å². The molecule has 2 aromatic carbocycles. The average Bonchev–Trinajstić information content (AvgIpc) is 3.28. The molecule has 2 heterocycles. The zero-order valence-corrected chi connectivity index (χ0v) is 17.2. The average molecular weight is 426 g/mol. The molecule has 0 bridgehead atoms. The molecule has 1 amide bonds. The lowest BCUT2D eigenvalue weighted by Gasteiger charge is -2.34. The Morgan fingerprint density at radius 2 is 2.10 bits per heavy atom. The molecule has 1 aliphatic heterocycles. The van der Waals surface area contributed by atoms with Crippen LogP contribution in [-0.4, -0.2) is 40.1 Å². The van der Waals surface area contributed by atoms with Crippen molar-refractivity contribution in [3.05, 3.63) is 71.6 Å². The van der Waals surface area contributed by atoms with E-state index in [0.29, 0.717) is 29.4 Å². The minimum atomic E-state index is -0.375. The normalized spacial score (nSPS) is 18.0. The van der Waals surface area contributed by atoms with E-state index in [1.807, 2.05) is 6.92 Å². The maximum atomic E-state index is 13.8. The number of amides is 1. The highest BCUT2D eigenvalue weighted by atomic mass is 19.1. The Labute approximate surface area is 179 Å². The van der Waals surface area contributed by atoms with Crippen LogP contribution in [0.5, 0.6) is 0 Å². The third-order valence-electron chi connectivity index (χ3n) is 5.66. The van der Waals surface area contributed by atoms with E-state index in [0.717, 1.165) is 19.4 Å². The number of piperidine rings is 1. The maximum Gasteiger partial charge on any atom is 0.237 e. The van der Waals surface area contributed by atoms with Crippen molar-refractivity contribution in [1.82, 2.24) is 20.4 Å². The molecular weight excluding hydrogens is 402 g/mol. The molecule has 6 nitrogen and oxygen atoms in total. The summed E-state index contributed by atoms with van der Waals surface area (Å²) in [5.41, 5.74) is 1.01. The van der Waals surface area contributed by atoms with Gasteiger partial charge in [-0.05, 0) is 44.5 Å². The van der Waals surface area contributed by atoms with E-state index in [4.69, 9.17) is 4.52 Å². The van der Waals surface area contributed by atoms with Gasteiger partial charge < -0.3 is 9.84 Å². The minimum Gasteiger partial charge on any atom is -0.351 e. The number of carbonyl (C=O) groups is 1. The fraction of sp³-hybridized carbons (Fsp3) is 0.348. The molecule has 1 aliphatic rings. The third-order valence-corrected chi connectivity index (χ3v) is 5.66. The number of hydrogen-bond donors (Lipinski definition) is 1. The number of halogens is 2. The van der Waals surface area contributed by atoms with Gasteiger partial charge in [0.25, 0.3) is 0 Å². The monoisotopic (exact) mass is 426 g/mol. The van der Waals surface area contributed by atoms with Gasteiger partial charge in [0.2, 0.25) is 17.6 Å². The highest BCUT2D eigenvalue weighted by molar-refractivity contribution is 5.81. The van der Waals surface area contributed by atoms with E-state index < -0.39 is 0 Å². The zero-order valence-electron chi connectivity index (χ0n) is 17.2. The number of nitrogens with one attached hydrogen (secondary N) is 1. The van der Waals surface area contributed by atoms with Gasteiger partial charge in [-0.1, -0.05) is 35.5 Å². The van der Waals surface area contributed by atoms with Gasteiger partial charge in [-0.3, -0.25) is 9.69 Å². The Balaban J connectivity index is 1.38. The van der Waals surface area contributed by atoms with Gasteiger partial charge in [0, 0.05) is 24.2 Å². The van der Waals surface area contributed by atoms with Gasteiger partial charge >= 0.3 is 0 Å². The second-order valence-electron chi connectivity index (χ2n) is 7.79. The summed E-state index contributed by atoms with van der Waals surface area (Å²) in [6.45, 7) is 3.35. The van der Waals surface area contributed by atoms with Crippen molar-refractivity contribution in [2.24, 2.45) is 0 Å². The second kappa shape index (κ2) is 9.34. The van der Waals surface area contributed by atoms with E-state index in [1.165, 1.54) is 18.2 Å². The second-order valence-corrected chi connectivity index (χ2v) is 7.79. The summed E-state index contributed by atoms with van der Waals surface area (Å²) in [6.07, 6.45) is 1.75. The Morgan fingerprint density at radius 3 is 2.90 bits per heavy atom. The Kier molecular flexibility index (Phi) is 6.36. The lowest BCUT2D eigenvalue weighted by atomic mass is 9.96. The maximum absolute atomic E-state index is 13.8. The summed E-state index contributed by atoms with van der Waals surface area (Å²) in [7, 11) is 0. The molecule has 3 aromatic rings. The van der Waals surface area contributed by atoms with Gasteiger partial charge in [0.05, 0.1) is 12.0 Å². The molecule has 2 atom stereocenters. The quantitative estimate of drug-likeness (QED) is 0.647. The van der Waals surface area contributed by atoms with Crippen molar-refractivity contribution in [1.29, 1.82) is 0 Å². The first-order valence-electron chi connectivity index (χ1n) is 10.4. The van der Waals surface area contributed by atoms with Crippen LogP contribution in [-0.2, 0) is 11.3 Å². The molecule has 0 aliphatic carbocycles. The third kappa shape index (κ3) is 4.96. The van der Waals surface area contributed by atoms with E-state index >= 15 is 0 Å². The molecule has 0 spiro atoms. The summed E-state index contributed by atoms with van der Waals surface area (Å²) >= 11 is 0. The fourth-order valence-electron chi connectivity index (χ4n) is 3.84. The smallest absolute Gasteiger partial charge is 0.237 e. The van der Waals surface area contributed by atoms with Crippen LogP contribution in [0.3, 0.4) is 0 Å². The van der Waals surface area contributed by atoms with E-state index in [9.17, 15) is 13.6 Å². The number of nitrogens with zero attached hydrogens (tertiary/aromatic N) is 3. The van der Waals surface area contributed by atoms with E-state index in [-0.39, 0.29) is 36.0 Å². The van der Waals surface area contributed by atoms with E-state index in [2.05, 4.69) is 20.4 Å². The predicted molar refractivity (Wildman–Crippen MR) is 111 cm³/mol. The van der Waals surface area contributed by atoms with Crippen molar-refractivity contribution in [2.75, 3.05) is 13.1 Å². The lowest BCUT2D eigenvalue weighted by Crippen LogP contribution is -2.48. The van der Waals surface area contributed by atoms with E-state index in [1.54, 1.807) is 30.3 Å². The van der Waals surface area contributed by atoms with Gasteiger partial charge in [0.15, 0.2) is 0 Å². The van der Waals surface area contributed by atoms with Crippen LogP contribution in [0.25, 0.3) is 11.4 Å². The number of benzene rings is 2. The van der Waals surface area contributed by atoms with Crippen molar-refractivity contribution in [3.63, 3.8) is 0 Å². The first kappa shape index (κ1) is 21.1. The zero-order chi connectivity index (χ0) is 21.8. The molecule has 1 saturated heterocycles. The summed E-state index contributed by atoms with van der Waals surface area (Å²) in [4.78, 5) is 19.2. The van der Waals surface area contributed by atoms with Crippen LogP contribution in [0.2, 0.25) is 0 Å². The number of carbonyl (C=O) groups excluding carboxylic acids is 1. The molecule has 8 heteroatoms. The summed E-state index contributed by atoms with van der Waals surface area (Å²) in [5.74, 6) is -0.0209. The van der Waals surface area contributed by atoms with Crippen molar-refractivity contribution in [3.8, 4) is 11.4 Å². The molecule has 162 valence electrons. The summed E-state index contributed by atoms with van der Waals surface area (Å²) < 4.78 is 32.7. The largest absolute Gasteiger partial charge is 0.351 e. The van der Waals surface area contributed by atoms with Crippen LogP contribution in [0.4, 0.5) is 8.78 Å². The highest BCUT2D eigenvalue weighted by Crippen LogP contribution is 2.28. The topological polar surface area (TPSA) is 71.3 Å². The number of likely N-dealkylation sites (tertiary alicyclic amines) is 1. The SMILES string of the molecule is CC(C(=O)NCc1ccccc1F)N1CCCC(c2nc(-c3cccc(F)c3)no2)C1. The Hall–Kier alpha value is -3.13.